The molecule has 4 atom stereocenters. The molecule has 2 bridgehead atoms. The average molecular weight is 338 g/mol. The molecule has 2 saturated carbocycles. The van der Waals surface area contributed by atoms with Crippen molar-refractivity contribution in [1.29, 1.82) is 0 Å². The predicted molar refractivity (Wildman–Crippen MR) is 88.2 cm³/mol. The molecule has 2 heterocycles. The Hall–Kier alpha value is -2.70. The Morgan fingerprint density at radius 2 is 1.84 bits per heavy atom. The Morgan fingerprint density at radius 3 is 2.44 bits per heavy atom. The maximum Gasteiger partial charge on any atom is 0.237 e. The minimum Gasteiger partial charge on any atom is -0.494 e. The number of carbonyl (C=O) groups is 2. The van der Waals surface area contributed by atoms with Crippen molar-refractivity contribution in [1.82, 2.24) is 14.8 Å². The first-order chi connectivity index (χ1) is 12.2. The molecule has 2 aromatic rings. The summed E-state index contributed by atoms with van der Waals surface area (Å²) in [6.07, 6.45) is 6.21. The standard InChI is InChI=1S/C18H18N4O3/c1-25-14-7-12(4-5-13(14)21-9-19-8-20-21)22-17(23)15-10-2-3-11(6-10)16(15)18(22)24/h4-5,7-11,15-16H,2-3,6H2,1H3/t10-,11+,15-,16?/m0/s1. The van der Waals surface area contributed by atoms with Crippen molar-refractivity contribution in [3.63, 3.8) is 0 Å². The number of hydrogen-bond donors (Lipinski definition) is 0. The van der Waals surface area contributed by atoms with E-state index in [1.807, 2.05) is 0 Å². The molecule has 1 unspecified atom stereocenters. The molecule has 3 fully saturated rings. The highest BCUT2D eigenvalue weighted by molar-refractivity contribution is 6.22. The van der Waals surface area contributed by atoms with Crippen molar-refractivity contribution in [3.8, 4) is 11.4 Å². The lowest BCUT2D eigenvalue weighted by atomic mass is 9.81. The first-order valence-corrected chi connectivity index (χ1v) is 8.60. The number of nitrogens with zero attached hydrogens (tertiary/aromatic N) is 4. The first-order valence-electron chi connectivity index (χ1n) is 8.60. The summed E-state index contributed by atoms with van der Waals surface area (Å²) in [5.41, 5.74) is 1.28. The van der Waals surface area contributed by atoms with E-state index < -0.39 is 0 Å². The first kappa shape index (κ1) is 14.6. The van der Waals surface area contributed by atoms with Gasteiger partial charge in [0.25, 0.3) is 0 Å². The van der Waals surface area contributed by atoms with E-state index in [0.29, 0.717) is 29.0 Å². The van der Waals surface area contributed by atoms with E-state index in [1.54, 1.807) is 36.3 Å². The summed E-state index contributed by atoms with van der Waals surface area (Å²) < 4.78 is 7.04. The number of rotatable bonds is 3. The largest absolute Gasteiger partial charge is 0.494 e. The van der Waals surface area contributed by atoms with E-state index >= 15 is 0 Å². The van der Waals surface area contributed by atoms with Gasteiger partial charge in [0.1, 0.15) is 24.1 Å². The summed E-state index contributed by atoms with van der Waals surface area (Å²) >= 11 is 0. The number of anilines is 1. The van der Waals surface area contributed by atoms with Gasteiger partial charge in [0, 0.05) is 6.07 Å². The van der Waals surface area contributed by atoms with Crippen molar-refractivity contribution >= 4 is 17.5 Å². The van der Waals surface area contributed by atoms with Crippen LogP contribution in [0.3, 0.4) is 0 Å². The fraction of sp³-hybridized carbons (Fsp3) is 0.444. The molecule has 128 valence electrons. The lowest BCUT2D eigenvalue weighted by Gasteiger charge is -2.19. The fourth-order valence-electron chi connectivity index (χ4n) is 4.99. The number of methoxy groups -OCH3 is 1. The predicted octanol–water partition coefficient (Wildman–Crippen LogP) is 1.81. The van der Waals surface area contributed by atoms with Gasteiger partial charge in [-0.1, -0.05) is 0 Å². The highest BCUT2D eigenvalue weighted by Gasteiger charge is 2.61. The molecular weight excluding hydrogens is 320 g/mol. The van der Waals surface area contributed by atoms with Gasteiger partial charge in [-0.05, 0) is 43.2 Å². The molecule has 1 aliphatic heterocycles. The number of benzene rings is 1. The minimum absolute atomic E-state index is 0.0437. The number of aromatic nitrogens is 3. The highest BCUT2D eigenvalue weighted by Crippen LogP contribution is 2.56. The second kappa shape index (κ2) is 5.15. The molecular formula is C18H18N4O3. The van der Waals surface area contributed by atoms with Crippen LogP contribution in [-0.4, -0.2) is 33.7 Å². The van der Waals surface area contributed by atoms with Crippen LogP contribution in [0.4, 0.5) is 5.69 Å². The maximum atomic E-state index is 12.9. The van der Waals surface area contributed by atoms with Gasteiger partial charge in [0.2, 0.25) is 11.8 Å². The van der Waals surface area contributed by atoms with Crippen LogP contribution in [-0.2, 0) is 9.59 Å². The Bertz CT molecular complexity index is 835. The molecule has 1 aromatic carbocycles. The van der Waals surface area contributed by atoms with E-state index in [4.69, 9.17) is 4.74 Å². The van der Waals surface area contributed by atoms with Crippen LogP contribution in [0.5, 0.6) is 5.75 Å². The molecule has 1 saturated heterocycles. The minimum atomic E-state index is -0.118. The van der Waals surface area contributed by atoms with Crippen molar-refractivity contribution in [3.05, 3.63) is 30.9 Å². The van der Waals surface area contributed by atoms with Crippen LogP contribution >= 0.6 is 0 Å². The number of amides is 2. The monoisotopic (exact) mass is 338 g/mol. The van der Waals surface area contributed by atoms with E-state index in [1.165, 1.54) is 11.2 Å². The molecule has 7 heteroatoms. The third kappa shape index (κ3) is 1.92. The third-order valence-corrected chi connectivity index (χ3v) is 6.01. The van der Waals surface area contributed by atoms with Crippen molar-refractivity contribution in [2.24, 2.45) is 23.7 Å². The molecule has 25 heavy (non-hydrogen) atoms. The Labute approximate surface area is 144 Å². The molecule has 0 N–H and O–H groups in total. The molecule has 5 rings (SSSR count). The zero-order valence-electron chi connectivity index (χ0n) is 13.8. The van der Waals surface area contributed by atoms with Crippen molar-refractivity contribution in [2.75, 3.05) is 12.0 Å². The van der Waals surface area contributed by atoms with Gasteiger partial charge in [-0.3, -0.25) is 9.59 Å². The molecule has 2 aliphatic carbocycles. The second-order valence-electron chi connectivity index (χ2n) is 7.09. The highest BCUT2D eigenvalue weighted by atomic mass is 16.5. The van der Waals surface area contributed by atoms with Crippen LogP contribution in [0.1, 0.15) is 19.3 Å². The second-order valence-corrected chi connectivity index (χ2v) is 7.09. The molecule has 3 aliphatic rings. The van der Waals surface area contributed by atoms with Gasteiger partial charge in [0.05, 0.1) is 24.6 Å². The van der Waals surface area contributed by atoms with Gasteiger partial charge in [0.15, 0.2) is 0 Å². The van der Waals surface area contributed by atoms with E-state index in [0.717, 1.165) is 19.3 Å². The number of hydrogen-bond acceptors (Lipinski definition) is 5. The molecule has 2 amide bonds. The van der Waals surface area contributed by atoms with E-state index in [9.17, 15) is 9.59 Å². The van der Waals surface area contributed by atoms with Crippen LogP contribution < -0.4 is 9.64 Å². The number of fused-ring (bicyclic) bond motifs is 5. The SMILES string of the molecule is COc1cc(N2C(=O)C3[C@@H]4CC[C@@H](C4)[C@@H]3C2=O)ccc1-n1cncn1. The van der Waals surface area contributed by atoms with Crippen LogP contribution in [0, 0.1) is 23.7 Å². The van der Waals surface area contributed by atoms with E-state index in [-0.39, 0.29) is 23.7 Å². The lowest BCUT2D eigenvalue weighted by molar-refractivity contribution is -0.123. The number of ether oxygens (including phenoxy) is 1. The number of carbonyl (C=O) groups excluding carboxylic acids is 2. The summed E-state index contributed by atoms with van der Waals surface area (Å²) in [4.78, 5) is 31.2. The third-order valence-electron chi connectivity index (χ3n) is 6.01. The van der Waals surface area contributed by atoms with Crippen LogP contribution in [0.2, 0.25) is 0 Å². The molecule has 1 aromatic heterocycles. The zero-order valence-corrected chi connectivity index (χ0v) is 13.8. The topological polar surface area (TPSA) is 77.3 Å². The van der Waals surface area contributed by atoms with Gasteiger partial charge in [-0.2, -0.15) is 5.10 Å². The lowest BCUT2D eigenvalue weighted by Crippen LogP contribution is -2.32. The van der Waals surface area contributed by atoms with Gasteiger partial charge in [-0.15, -0.1) is 0 Å². The van der Waals surface area contributed by atoms with Crippen LogP contribution in [0.15, 0.2) is 30.9 Å². The summed E-state index contributed by atoms with van der Waals surface area (Å²) in [6.45, 7) is 0. The zero-order chi connectivity index (χ0) is 17.1. The Kier molecular flexibility index (Phi) is 3.01. The average Bonchev–Trinajstić information content (AvgIpc) is 3.39. The summed E-state index contributed by atoms with van der Waals surface area (Å²) in [7, 11) is 1.56. The van der Waals surface area contributed by atoms with Gasteiger partial charge < -0.3 is 4.74 Å². The Balaban J connectivity index is 1.54. The molecule has 7 nitrogen and oxygen atoms in total. The Morgan fingerprint density at radius 1 is 1.12 bits per heavy atom. The van der Waals surface area contributed by atoms with Gasteiger partial charge in [-0.25, -0.2) is 14.6 Å². The van der Waals surface area contributed by atoms with E-state index in [2.05, 4.69) is 10.1 Å². The maximum absolute atomic E-state index is 12.9. The fourth-order valence-corrected chi connectivity index (χ4v) is 4.99. The molecule has 0 radical (unpaired) electrons. The quantitative estimate of drug-likeness (QED) is 0.798. The van der Waals surface area contributed by atoms with Crippen molar-refractivity contribution in [2.45, 2.75) is 19.3 Å². The van der Waals surface area contributed by atoms with Crippen molar-refractivity contribution < 1.29 is 14.3 Å². The normalized spacial score (nSPS) is 30.2. The summed E-state index contributed by atoms with van der Waals surface area (Å²) in [5.74, 6) is 0.985. The van der Waals surface area contributed by atoms with Gasteiger partial charge >= 0.3 is 0 Å². The molecule has 0 spiro atoms. The summed E-state index contributed by atoms with van der Waals surface area (Å²) in [5, 5.41) is 4.10. The summed E-state index contributed by atoms with van der Waals surface area (Å²) in [6, 6.07) is 5.31. The van der Waals surface area contributed by atoms with Crippen LogP contribution in [0.25, 0.3) is 5.69 Å². The number of imide groups is 1. The smallest absolute Gasteiger partial charge is 0.237 e.